The van der Waals surface area contributed by atoms with Crippen LogP contribution in [0.5, 0.6) is 0 Å². The van der Waals surface area contributed by atoms with Gasteiger partial charge in [-0.05, 0) is 96.4 Å². The molecule has 3 fully saturated rings. The minimum atomic E-state index is -1.66. The molecule has 0 amide bonds. The van der Waals surface area contributed by atoms with Crippen molar-refractivity contribution in [1.82, 2.24) is 4.90 Å². The van der Waals surface area contributed by atoms with Crippen molar-refractivity contribution in [2.75, 3.05) is 6.54 Å². The number of carboxylic acids is 1. The molecule has 3 nitrogen and oxygen atoms in total. The molecule has 2 atom stereocenters. The Morgan fingerprint density at radius 2 is 1.94 bits per heavy atom. The van der Waals surface area contributed by atoms with Gasteiger partial charge in [0.25, 0.3) is 0 Å². The Morgan fingerprint density at radius 1 is 1.24 bits per heavy atom. The van der Waals surface area contributed by atoms with E-state index < -0.39 is 23.6 Å². The Hall–Kier alpha value is -2.79. The van der Waals surface area contributed by atoms with Crippen LogP contribution in [0.1, 0.15) is 62.2 Å². The molecule has 0 unspecified atom stereocenters. The minimum absolute atomic E-state index is 0.0400. The van der Waals surface area contributed by atoms with Gasteiger partial charge in [0.2, 0.25) is 0 Å². The van der Waals surface area contributed by atoms with Crippen molar-refractivity contribution in [1.29, 1.82) is 0 Å². The largest absolute Gasteiger partial charge is 0.478 e. The second-order valence-electron chi connectivity index (χ2n) is 10.3. The SMILES string of the molecule is [2H][C@@]1(c2c(F)cc(/C=C/C(=O)O)cc2F)C2=C(C[C@@H](C)N1CC13CC(C1)C3)c1ccccc1C2. The predicted molar refractivity (Wildman–Crippen MR) is 123 cm³/mol. The highest BCUT2D eigenvalue weighted by Gasteiger charge is 2.58. The van der Waals surface area contributed by atoms with E-state index in [9.17, 15) is 6.17 Å². The molecule has 4 aliphatic carbocycles. The highest BCUT2D eigenvalue weighted by Crippen LogP contribution is 2.65. The normalized spacial score (nSPS) is 32.8. The van der Waals surface area contributed by atoms with E-state index in [1.807, 2.05) is 29.2 Å². The quantitative estimate of drug-likeness (QED) is 0.570. The van der Waals surface area contributed by atoms with Gasteiger partial charge in [-0.15, -0.1) is 0 Å². The van der Waals surface area contributed by atoms with Crippen LogP contribution in [0.4, 0.5) is 8.78 Å². The van der Waals surface area contributed by atoms with Crippen LogP contribution >= 0.6 is 0 Å². The first-order valence-electron chi connectivity index (χ1n) is 12.2. The third kappa shape index (κ3) is 3.28. The maximum absolute atomic E-state index is 15.7. The average molecular weight is 449 g/mol. The summed E-state index contributed by atoms with van der Waals surface area (Å²) in [6.45, 7) is 2.74. The lowest BCUT2D eigenvalue weighted by Gasteiger charge is -2.64. The Balaban J connectivity index is 1.51. The maximum Gasteiger partial charge on any atom is 0.328 e. The van der Waals surface area contributed by atoms with Crippen LogP contribution < -0.4 is 0 Å². The van der Waals surface area contributed by atoms with Crippen LogP contribution in [0.15, 0.2) is 48.0 Å². The molecule has 2 bridgehead atoms. The van der Waals surface area contributed by atoms with E-state index in [2.05, 4.69) is 6.92 Å². The smallest absolute Gasteiger partial charge is 0.328 e. The van der Waals surface area contributed by atoms with Crippen LogP contribution in [0, 0.1) is 23.0 Å². The summed E-state index contributed by atoms with van der Waals surface area (Å²) in [4.78, 5) is 12.9. The van der Waals surface area contributed by atoms with E-state index in [1.54, 1.807) is 0 Å². The van der Waals surface area contributed by atoms with Gasteiger partial charge in [-0.3, -0.25) is 4.90 Å². The van der Waals surface area contributed by atoms with Gasteiger partial charge in [0.05, 0.1) is 7.39 Å². The molecular formula is C28H27F2NO2. The van der Waals surface area contributed by atoms with E-state index >= 15 is 8.78 Å². The van der Waals surface area contributed by atoms with Gasteiger partial charge in [0.1, 0.15) is 11.6 Å². The Labute approximate surface area is 193 Å². The minimum Gasteiger partial charge on any atom is -0.478 e. The Morgan fingerprint density at radius 3 is 2.58 bits per heavy atom. The fourth-order valence-corrected chi connectivity index (χ4v) is 6.51. The lowest BCUT2D eigenvalue weighted by atomic mass is 9.44. The van der Waals surface area contributed by atoms with Crippen LogP contribution in [0.25, 0.3) is 11.6 Å². The molecule has 0 aromatic heterocycles. The number of benzene rings is 2. The number of halogens is 2. The van der Waals surface area contributed by atoms with E-state index in [1.165, 1.54) is 6.08 Å². The molecule has 2 aromatic rings. The highest BCUT2D eigenvalue weighted by molar-refractivity contribution is 5.85. The second kappa shape index (κ2) is 7.36. The zero-order chi connectivity index (χ0) is 23.8. The molecule has 33 heavy (non-hydrogen) atoms. The second-order valence-corrected chi connectivity index (χ2v) is 10.3. The molecule has 5 aliphatic rings. The zero-order valence-corrected chi connectivity index (χ0v) is 18.6. The van der Waals surface area contributed by atoms with Crippen molar-refractivity contribution in [2.45, 2.75) is 51.1 Å². The van der Waals surface area contributed by atoms with Gasteiger partial charge in [0, 0.05) is 24.2 Å². The molecule has 2 aromatic carbocycles. The topological polar surface area (TPSA) is 40.5 Å². The number of nitrogens with zero attached hydrogens (tertiary/aromatic N) is 1. The number of rotatable bonds is 5. The van der Waals surface area contributed by atoms with Gasteiger partial charge >= 0.3 is 5.97 Å². The van der Waals surface area contributed by atoms with E-state index in [-0.39, 0.29) is 22.6 Å². The highest BCUT2D eigenvalue weighted by atomic mass is 19.1. The molecule has 7 rings (SSSR count). The fourth-order valence-electron chi connectivity index (χ4n) is 6.51. The molecule has 170 valence electrons. The lowest BCUT2D eigenvalue weighted by Crippen LogP contribution is -2.59. The van der Waals surface area contributed by atoms with E-state index in [0.29, 0.717) is 13.0 Å². The third-order valence-corrected chi connectivity index (χ3v) is 8.07. The van der Waals surface area contributed by atoms with Crippen LogP contribution in [0.2, 0.25) is 0 Å². The lowest BCUT2D eigenvalue weighted by molar-refractivity contribution is -0.134. The summed E-state index contributed by atoms with van der Waals surface area (Å²) >= 11 is 0. The molecule has 1 heterocycles. The van der Waals surface area contributed by atoms with E-state index in [0.717, 1.165) is 72.1 Å². The molecule has 5 heteroatoms. The molecule has 0 radical (unpaired) electrons. The summed E-state index contributed by atoms with van der Waals surface area (Å²) in [5, 5.41) is 8.89. The van der Waals surface area contributed by atoms with Crippen molar-refractivity contribution >= 4 is 17.6 Å². The van der Waals surface area contributed by atoms with Crippen molar-refractivity contribution < 1.29 is 20.1 Å². The summed E-state index contributed by atoms with van der Waals surface area (Å²) in [5.41, 5.74) is 4.05. The monoisotopic (exact) mass is 448 g/mol. The van der Waals surface area contributed by atoms with Crippen LogP contribution in [0.3, 0.4) is 0 Å². The molecule has 1 aliphatic heterocycles. The first-order chi connectivity index (χ1) is 16.2. The number of aliphatic carboxylic acids is 1. The fraction of sp³-hybridized carbons (Fsp3) is 0.393. The van der Waals surface area contributed by atoms with Crippen LogP contribution in [-0.2, 0) is 11.2 Å². The first-order valence-corrected chi connectivity index (χ1v) is 11.7. The summed E-state index contributed by atoms with van der Waals surface area (Å²) in [7, 11) is 0. The van der Waals surface area contributed by atoms with Crippen LogP contribution in [-0.4, -0.2) is 28.6 Å². The van der Waals surface area contributed by atoms with Gasteiger partial charge in [-0.2, -0.15) is 0 Å². The van der Waals surface area contributed by atoms with Gasteiger partial charge in [0.15, 0.2) is 0 Å². The standard InChI is InChI=1S/C28H27F2NO2/c1-16-8-21-20-5-3-2-4-19(20)11-22(21)27(31(16)15-28-12-18(13-28)14-28)26-23(29)9-17(10-24(26)30)6-7-25(32)33/h2-7,9-10,16,18,27H,8,11-15H2,1H3,(H,32,33)/b7-6+/t16-,18?,27+,28?/m1/s1/i27D. The van der Waals surface area contributed by atoms with Crippen molar-refractivity contribution in [2.24, 2.45) is 11.3 Å². The molecule has 0 spiro atoms. The Bertz CT molecular complexity index is 1240. The summed E-state index contributed by atoms with van der Waals surface area (Å²) in [5.74, 6) is -2.02. The van der Waals surface area contributed by atoms with Gasteiger partial charge in [-0.25, -0.2) is 13.6 Å². The first kappa shape index (κ1) is 19.7. The van der Waals surface area contributed by atoms with Crippen molar-refractivity contribution in [3.63, 3.8) is 0 Å². The van der Waals surface area contributed by atoms with Crippen molar-refractivity contribution in [3.8, 4) is 0 Å². The predicted octanol–water partition coefficient (Wildman–Crippen LogP) is 6.01. The molecular weight excluding hydrogens is 420 g/mol. The zero-order valence-electron chi connectivity index (χ0n) is 19.6. The molecule has 0 saturated heterocycles. The number of hydrogen-bond donors (Lipinski definition) is 1. The van der Waals surface area contributed by atoms with Gasteiger partial charge < -0.3 is 5.11 Å². The maximum atomic E-state index is 15.7. The number of hydrogen-bond acceptors (Lipinski definition) is 2. The van der Waals surface area contributed by atoms with E-state index in [4.69, 9.17) is 5.11 Å². The number of carbonyl (C=O) groups is 1. The molecule has 1 N–H and O–H groups in total. The summed E-state index contributed by atoms with van der Waals surface area (Å²) in [6.07, 6.45) is 6.72. The number of carboxylic acid groups (broad SMARTS) is 1. The van der Waals surface area contributed by atoms with Crippen molar-refractivity contribution in [3.05, 3.63) is 81.9 Å². The Kier molecular flexibility index (Phi) is 4.38. The summed E-state index contributed by atoms with van der Waals surface area (Å²) in [6, 6.07) is 8.63. The van der Waals surface area contributed by atoms with Gasteiger partial charge in [-0.1, -0.05) is 24.3 Å². The molecule has 3 saturated carbocycles. The average Bonchev–Trinajstić information content (AvgIpc) is 3.09. The summed E-state index contributed by atoms with van der Waals surface area (Å²) < 4.78 is 41.2. The third-order valence-electron chi connectivity index (χ3n) is 8.07. The number of fused-ring (bicyclic) bond motifs is 2.